The molecule has 146 valence electrons. The molecule has 0 aliphatic carbocycles. The van der Waals surface area contributed by atoms with Crippen LogP contribution in [0, 0.1) is 5.82 Å². The number of benzene rings is 1. The fraction of sp³-hybridized carbons (Fsp3) is 0.368. The number of pyridine rings is 1. The number of nitrogens with zero attached hydrogens (tertiary/aromatic N) is 3. The van der Waals surface area contributed by atoms with Crippen LogP contribution in [-0.4, -0.2) is 42.3 Å². The Labute approximate surface area is 159 Å². The van der Waals surface area contributed by atoms with Gasteiger partial charge in [0.1, 0.15) is 16.2 Å². The van der Waals surface area contributed by atoms with Gasteiger partial charge in [0, 0.05) is 30.9 Å². The van der Waals surface area contributed by atoms with Crippen LogP contribution in [0.25, 0.3) is 0 Å². The highest BCUT2D eigenvalue weighted by Crippen LogP contribution is 2.21. The van der Waals surface area contributed by atoms with Crippen LogP contribution in [0.2, 0.25) is 0 Å². The molecule has 1 aromatic carbocycles. The maximum absolute atomic E-state index is 14.3. The largest absolute Gasteiger partial charge is 0.268 e. The molecule has 2 aromatic rings. The average Bonchev–Trinajstić information content (AvgIpc) is 2.62. The van der Waals surface area contributed by atoms with Crippen LogP contribution in [-0.2, 0) is 10.0 Å². The van der Waals surface area contributed by atoms with Crippen LogP contribution >= 0.6 is 0 Å². The zero-order valence-electron chi connectivity index (χ0n) is 15.9. The van der Waals surface area contributed by atoms with Gasteiger partial charge in [-0.1, -0.05) is 19.9 Å². The van der Waals surface area contributed by atoms with E-state index in [9.17, 15) is 17.6 Å². The smallest absolute Gasteiger partial charge is 0.263 e. The number of rotatable bonds is 6. The van der Waals surface area contributed by atoms with Gasteiger partial charge in [0.25, 0.3) is 5.91 Å². The van der Waals surface area contributed by atoms with Crippen molar-refractivity contribution in [2.45, 2.75) is 38.6 Å². The molecule has 6 nitrogen and oxygen atoms in total. The van der Waals surface area contributed by atoms with Crippen LogP contribution in [0.15, 0.2) is 52.5 Å². The summed E-state index contributed by atoms with van der Waals surface area (Å²) in [5.74, 6) is -1.37. The molecule has 0 aliphatic rings. The predicted octanol–water partition coefficient (Wildman–Crippen LogP) is 2.66. The summed E-state index contributed by atoms with van der Waals surface area (Å²) in [4.78, 5) is 16.8. The Kier molecular flexibility index (Phi) is 6.67. The number of hydrogen-bond donors (Lipinski definition) is 0. The van der Waals surface area contributed by atoms with Gasteiger partial charge in [-0.2, -0.15) is 4.31 Å². The SMILES string of the molecule is CCN(CC)S(=O)(=O)c1cc(C(=O)n2ccccc2=NC(C)C)ccc1F. The van der Waals surface area contributed by atoms with Gasteiger partial charge >= 0.3 is 0 Å². The summed E-state index contributed by atoms with van der Waals surface area (Å²) in [5.41, 5.74) is 0.508. The summed E-state index contributed by atoms with van der Waals surface area (Å²) in [5, 5.41) is 0. The molecule has 0 saturated heterocycles. The predicted molar refractivity (Wildman–Crippen MR) is 101 cm³/mol. The summed E-state index contributed by atoms with van der Waals surface area (Å²) >= 11 is 0. The first-order valence-corrected chi connectivity index (χ1v) is 10.2. The molecule has 1 aromatic heterocycles. The van der Waals surface area contributed by atoms with E-state index in [2.05, 4.69) is 4.99 Å². The molecular formula is C19H24FN3O3S. The van der Waals surface area contributed by atoms with Crippen molar-refractivity contribution in [3.05, 3.63) is 59.5 Å². The number of halogens is 1. The zero-order valence-corrected chi connectivity index (χ0v) is 16.7. The zero-order chi connectivity index (χ0) is 20.2. The van der Waals surface area contributed by atoms with Crippen LogP contribution in [0.4, 0.5) is 4.39 Å². The van der Waals surface area contributed by atoms with Gasteiger partial charge in [0.05, 0.1) is 0 Å². The Morgan fingerprint density at radius 3 is 2.44 bits per heavy atom. The molecule has 0 saturated carbocycles. The first-order chi connectivity index (χ1) is 12.7. The quantitative estimate of drug-likeness (QED) is 0.757. The van der Waals surface area contributed by atoms with Gasteiger partial charge in [-0.05, 0) is 44.2 Å². The Balaban J connectivity index is 2.59. The molecule has 0 radical (unpaired) electrons. The average molecular weight is 393 g/mol. The minimum atomic E-state index is -4.03. The number of sulfonamides is 1. The van der Waals surface area contributed by atoms with Crippen molar-refractivity contribution in [1.82, 2.24) is 8.87 Å². The first-order valence-electron chi connectivity index (χ1n) is 8.78. The van der Waals surface area contributed by atoms with E-state index in [-0.39, 0.29) is 24.7 Å². The number of carbonyl (C=O) groups excluding carboxylic acids is 1. The first kappa shape index (κ1) is 21.0. The number of aromatic nitrogens is 1. The third-order valence-corrected chi connectivity index (χ3v) is 6.01. The monoisotopic (exact) mass is 393 g/mol. The van der Waals surface area contributed by atoms with Crippen LogP contribution in [0.3, 0.4) is 0 Å². The van der Waals surface area contributed by atoms with Crippen molar-refractivity contribution < 1.29 is 17.6 Å². The van der Waals surface area contributed by atoms with Crippen LogP contribution in [0.1, 0.15) is 38.1 Å². The third-order valence-electron chi connectivity index (χ3n) is 3.95. The molecule has 0 aliphatic heterocycles. The van der Waals surface area contributed by atoms with E-state index in [4.69, 9.17) is 0 Å². The van der Waals surface area contributed by atoms with Crippen molar-refractivity contribution in [3.63, 3.8) is 0 Å². The molecule has 0 spiro atoms. The maximum atomic E-state index is 14.3. The van der Waals surface area contributed by atoms with E-state index < -0.39 is 26.6 Å². The van der Waals surface area contributed by atoms with E-state index in [0.717, 1.165) is 16.4 Å². The molecule has 0 unspecified atom stereocenters. The number of hydrogen-bond acceptors (Lipinski definition) is 4. The van der Waals surface area contributed by atoms with Gasteiger partial charge in [-0.25, -0.2) is 12.8 Å². The lowest BCUT2D eigenvalue weighted by Gasteiger charge is -2.19. The molecule has 2 rings (SSSR count). The van der Waals surface area contributed by atoms with E-state index in [1.807, 2.05) is 13.8 Å². The lowest BCUT2D eigenvalue weighted by Crippen LogP contribution is -2.32. The second-order valence-electron chi connectivity index (χ2n) is 6.19. The fourth-order valence-electron chi connectivity index (χ4n) is 2.65. The molecule has 0 fully saturated rings. The minimum Gasteiger partial charge on any atom is -0.268 e. The third kappa shape index (κ3) is 4.51. The fourth-order valence-corrected chi connectivity index (χ4v) is 4.20. The molecule has 0 atom stereocenters. The van der Waals surface area contributed by atoms with E-state index in [0.29, 0.717) is 5.49 Å². The van der Waals surface area contributed by atoms with Crippen molar-refractivity contribution in [1.29, 1.82) is 0 Å². The maximum Gasteiger partial charge on any atom is 0.263 e. The van der Waals surface area contributed by atoms with Gasteiger partial charge in [-0.15, -0.1) is 0 Å². The van der Waals surface area contributed by atoms with Crippen molar-refractivity contribution >= 4 is 15.9 Å². The normalized spacial score (nSPS) is 12.8. The molecule has 0 bridgehead atoms. The van der Waals surface area contributed by atoms with Crippen molar-refractivity contribution in [2.75, 3.05) is 13.1 Å². The molecule has 0 amide bonds. The topological polar surface area (TPSA) is 71.7 Å². The summed E-state index contributed by atoms with van der Waals surface area (Å²) in [6.07, 6.45) is 1.55. The summed E-state index contributed by atoms with van der Waals surface area (Å²) in [6, 6.07) is 8.46. The lowest BCUT2D eigenvalue weighted by atomic mass is 10.2. The molecule has 27 heavy (non-hydrogen) atoms. The second kappa shape index (κ2) is 8.58. The highest BCUT2D eigenvalue weighted by molar-refractivity contribution is 7.89. The van der Waals surface area contributed by atoms with E-state index >= 15 is 0 Å². The van der Waals surface area contributed by atoms with E-state index in [1.165, 1.54) is 10.6 Å². The van der Waals surface area contributed by atoms with Crippen molar-refractivity contribution in [3.8, 4) is 0 Å². The highest BCUT2D eigenvalue weighted by atomic mass is 32.2. The summed E-state index contributed by atoms with van der Waals surface area (Å²) in [6.45, 7) is 7.53. The Morgan fingerprint density at radius 2 is 1.85 bits per heavy atom. The Morgan fingerprint density at radius 1 is 1.19 bits per heavy atom. The molecule has 0 N–H and O–H groups in total. The van der Waals surface area contributed by atoms with Gasteiger partial charge in [0.2, 0.25) is 10.0 Å². The molecule has 8 heteroatoms. The standard InChI is InChI=1S/C19H24FN3O3S/c1-5-22(6-2)27(25,26)17-13-15(10-11-16(17)20)19(24)23-12-8-7-9-18(23)21-14(3)4/h7-14H,5-6H2,1-4H3. The second-order valence-corrected chi connectivity index (χ2v) is 8.10. The summed E-state index contributed by atoms with van der Waals surface area (Å²) < 4.78 is 42.1. The van der Waals surface area contributed by atoms with Crippen molar-refractivity contribution in [2.24, 2.45) is 4.99 Å². The summed E-state index contributed by atoms with van der Waals surface area (Å²) in [7, 11) is -4.03. The van der Waals surface area contributed by atoms with Gasteiger partial charge in [-0.3, -0.25) is 14.4 Å². The molecular weight excluding hydrogens is 369 g/mol. The Bertz CT molecular complexity index is 993. The van der Waals surface area contributed by atoms with Crippen LogP contribution < -0.4 is 5.49 Å². The molecule has 1 heterocycles. The lowest BCUT2D eigenvalue weighted by molar-refractivity contribution is 0.0954. The number of carbonyl (C=O) groups is 1. The van der Waals surface area contributed by atoms with Gasteiger partial charge in [0.15, 0.2) is 0 Å². The minimum absolute atomic E-state index is 0.0294. The van der Waals surface area contributed by atoms with E-state index in [1.54, 1.807) is 38.2 Å². The highest BCUT2D eigenvalue weighted by Gasteiger charge is 2.26. The van der Waals surface area contributed by atoms with Crippen LogP contribution in [0.5, 0.6) is 0 Å². The Hall–Kier alpha value is -2.32. The van der Waals surface area contributed by atoms with Gasteiger partial charge < -0.3 is 0 Å².